The molecule has 0 saturated carbocycles. The zero-order chi connectivity index (χ0) is 24.7. The van der Waals surface area contributed by atoms with Crippen LogP contribution in [0.2, 0.25) is 5.02 Å². The van der Waals surface area contributed by atoms with Crippen molar-refractivity contribution in [3.05, 3.63) is 93.8 Å². The number of methoxy groups -OCH3 is 1. The Balaban J connectivity index is 1.78. The predicted octanol–water partition coefficient (Wildman–Crippen LogP) is 5.31. The molecule has 0 radical (unpaired) electrons. The zero-order valence-electron chi connectivity index (χ0n) is 17.8. The molecule has 0 heterocycles. The number of nitrogens with one attached hydrogen (secondary N) is 1. The number of nitriles is 1. The van der Waals surface area contributed by atoms with Crippen molar-refractivity contribution < 1.29 is 28.6 Å². The Labute approximate surface area is 199 Å². The first-order valence-electron chi connectivity index (χ1n) is 9.82. The second kappa shape index (κ2) is 11.0. The van der Waals surface area contributed by atoms with Crippen molar-refractivity contribution in [2.75, 3.05) is 12.4 Å². The fourth-order valence-corrected chi connectivity index (χ4v) is 3.18. The molecule has 1 amide bonds. The Morgan fingerprint density at radius 2 is 1.82 bits per heavy atom. The monoisotopic (exact) mass is 480 g/mol. The van der Waals surface area contributed by atoms with Crippen LogP contribution in [0.4, 0.5) is 10.1 Å². The van der Waals surface area contributed by atoms with Crippen molar-refractivity contribution in [2.24, 2.45) is 0 Å². The number of ether oxygens (including phenoxy) is 2. The van der Waals surface area contributed by atoms with Crippen molar-refractivity contribution in [1.82, 2.24) is 0 Å². The lowest BCUT2D eigenvalue weighted by molar-refractivity contribution is -0.112. The Bertz CT molecular complexity index is 1280. The topological polar surface area (TPSA) is 109 Å². The molecule has 0 unspecified atom stereocenters. The van der Waals surface area contributed by atoms with E-state index in [-0.39, 0.29) is 40.1 Å². The van der Waals surface area contributed by atoms with Gasteiger partial charge in [-0.15, -0.1) is 0 Å². The van der Waals surface area contributed by atoms with Crippen LogP contribution in [0.5, 0.6) is 11.5 Å². The fraction of sp³-hybridized carbons (Fsp3) is 0.0800. The van der Waals surface area contributed by atoms with Crippen molar-refractivity contribution in [3.63, 3.8) is 0 Å². The highest BCUT2D eigenvalue weighted by Gasteiger charge is 2.15. The van der Waals surface area contributed by atoms with E-state index in [2.05, 4.69) is 5.32 Å². The summed E-state index contributed by atoms with van der Waals surface area (Å²) in [7, 11) is 1.42. The lowest BCUT2D eigenvalue weighted by atomic mass is 10.1. The van der Waals surface area contributed by atoms with Gasteiger partial charge in [0.05, 0.1) is 17.7 Å². The average Bonchev–Trinajstić information content (AvgIpc) is 2.82. The van der Waals surface area contributed by atoms with Crippen LogP contribution in [0.1, 0.15) is 21.5 Å². The minimum atomic E-state index is -1.09. The number of hydrogen-bond donors (Lipinski definition) is 2. The Hall–Kier alpha value is -4.35. The van der Waals surface area contributed by atoms with E-state index < -0.39 is 11.9 Å². The van der Waals surface area contributed by atoms with Gasteiger partial charge in [0.15, 0.2) is 11.5 Å². The third kappa shape index (κ3) is 6.12. The molecule has 0 aliphatic heterocycles. The maximum Gasteiger partial charge on any atom is 0.335 e. The Morgan fingerprint density at radius 3 is 2.41 bits per heavy atom. The summed E-state index contributed by atoms with van der Waals surface area (Å²) in [6.07, 6.45) is 1.33. The van der Waals surface area contributed by atoms with Gasteiger partial charge in [0.25, 0.3) is 5.91 Å². The van der Waals surface area contributed by atoms with Crippen LogP contribution in [-0.2, 0) is 11.4 Å². The highest BCUT2D eigenvalue weighted by Crippen LogP contribution is 2.37. The molecule has 3 rings (SSSR count). The maximum absolute atomic E-state index is 13.1. The summed E-state index contributed by atoms with van der Waals surface area (Å²) in [6, 6.07) is 16.2. The first-order valence-corrected chi connectivity index (χ1v) is 10.2. The fourth-order valence-electron chi connectivity index (χ4n) is 2.91. The minimum absolute atomic E-state index is 0.0671. The van der Waals surface area contributed by atoms with Crippen LogP contribution in [0.15, 0.2) is 66.2 Å². The molecule has 34 heavy (non-hydrogen) atoms. The quantitative estimate of drug-likeness (QED) is 0.334. The van der Waals surface area contributed by atoms with E-state index >= 15 is 0 Å². The van der Waals surface area contributed by atoms with Crippen molar-refractivity contribution in [3.8, 4) is 17.6 Å². The Morgan fingerprint density at radius 1 is 1.15 bits per heavy atom. The number of nitrogens with zero attached hydrogens (tertiary/aromatic N) is 1. The number of anilines is 1. The summed E-state index contributed by atoms with van der Waals surface area (Å²) in [6.45, 7) is 0.123. The molecular formula is C25H18ClFN2O5. The van der Waals surface area contributed by atoms with Crippen molar-refractivity contribution in [1.29, 1.82) is 5.26 Å². The zero-order valence-corrected chi connectivity index (χ0v) is 18.6. The summed E-state index contributed by atoms with van der Waals surface area (Å²) >= 11 is 6.36. The van der Waals surface area contributed by atoms with Crippen LogP contribution in [0.3, 0.4) is 0 Å². The van der Waals surface area contributed by atoms with Gasteiger partial charge in [-0.25, -0.2) is 9.18 Å². The van der Waals surface area contributed by atoms with Crippen LogP contribution >= 0.6 is 11.6 Å². The molecule has 9 heteroatoms. The van der Waals surface area contributed by atoms with E-state index in [1.165, 1.54) is 55.7 Å². The molecule has 0 bridgehead atoms. The number of aromatic carboxylic acids is 1. The molecule has 0 aliphatic rings. The molecule has 3 aromatic rings. The number of carbonyl (C=O) groups is 2. The van der Waals surface area contributed by atoms with E-state index in [0.29, 0.717) is 11.3 Å². The van der Waals surface area contributed by atoms with Gasteiger partial charge in [-0.1, -0.05) is 23.7 Å². The van der Waals surface area contributed by atoms with Crippen LogP contribution in [-0.4, -0.2) is 24.1 Å². The number of carboxylic acids is 1. The smallest absolute Gasteiger partial charge is 0.335 e. The summed E-state index contributed by atoms with van der Waals surface area (Å²) in [5.41, 5.74) is 1.33. The second-order valence-corrected chi connectivity index (χ2v) is 7.36. The van der Waals surface area contributed by atoms with E-state index in [4.69, 9.17) is 26.2 Å². The SMILES string of the molecule is COc1cc(/C=C(\C#N)C(=O)Nc2ccc(C(=O)O)cc2)cc(Cl)c1OCc1ccc(F)cc1. The average molecular weight is 481 g/mol. The van der Waals surface area contributed by atoms with Gasteiger partial charge in [-0.2, -0.15) is 5.26 Å². The highest BCUT2D eigenvalue weighted by atomic mass is 35.5. The summed E-state index contributed by atoms with van der Waals surface area (Å²) < 4.78 is 24.2. The normalized spacial score (nSPS) is 10.8. The standard InChI is InChI=1S/C25H18ClFN2O5/c1-33-22-12-16(11-21(26)23(22)34-14-15-2-6-19(27)7-3-15)10-18(13-28)24(30)29-20-8-4-17(5-9-20)25(31)32/h2-12H,14H2,1H3,(H,29,30)(H,31,32)/b18-10+. The summed E-state index contributed by atoms with van der Waals surface area (Å²) in [5.74, 6) is -1.59. The number of rotatable bonds is 8. The molecule has 172 valence electrons. The molecule has 3 aromatic carbocycles. The third-order valence-corrected chi connectivity index (χ3v) is 4.89. The molecular weight excluding hydrogens is 463 g/mol. The second-order valence-electron chi connectivity index (χ2n) is 6.96. The van der Waals surface area contributed by atoms with Crippen molar-refractivity contribution in [2.45, 2.75) is 6.61 Å². The maximum atomic E-state index is 13.1. The Kier molecular flexibility index (Phi) is 7.85. The molecule has 0 aliphatic carbocycles. The molecule has 7 nitrogen and oxygen atoms in total. The number of amides is 1. The number of hydrogen-bond acceptors (Lipinski definition) is 5. The molecule has 0 aromatic heterocycles. The highest BCUT2D eigenvalue weighted by molar-refractivity contribution is 6.32. The molecule has 0 fully saturated rings. The van der Waals surface area contributed by atoms with E-state index in [1.54, 1.807) is 18.2 Å². The van der Waals surface area contributed by atoms with Gasteiger partial charge in [0.1, 0.15) is 24.1 Å². The van der Waals surface area contributed by atoms with Gasteiger partial charge < -0.3 is 19.9 Å². The summed E-state index contributed by atoms with van der Waals surface area (Å²) in [4.78, 5) is 23.5. The number of halogens is 2. The summed E-state index contributed by atoms with van der Waals surface area (Å²) in [5, 5.41) is 21.1. The minimum Gasteiger partial charge on any atom is -0.493 e. The van der Waals surface area contributed by atoms with Gasteiger partial charge in [-0.05, 0) is 65.7 Å². The van der Waals surface area contributed by atoms with E-state index in [0.717, 1.165) is 5.56 Å². The largest absolute Gasteiger partial charge is 0.493 e. The third-order valence-electron chi connectivity index (χ3n) is 4.61. The van der Waals surface area contributed by atoms with Crippen molar-refractivity contribution >= 4 is 35.2 Å². The number of carbonyl (C=O) groups excluding carboxylic acids is 1. The molecule has 2 N–H and O–H groups in total. The molecule has 0 atom stereocenters. The predicted molar refractivity (Wildman–Crippen MR) is 124 cm³/mol. The lowest BCUT2D eigenvalue weighted by Gasteiger charge is -2.13. The van der Waals surface area contributed by atoms with E-state index in [1.807, 2.05) is 6.07 Å². The number of carboxylic acid groups (broad SMARTS) is 1. The molecule has 0 saturated heterocycles. The number of benzene rings is 3. The first-order chi connectivity index (χ1) is 16.3. The molecule has 0 spiro atoms. The van der Waals surface area contributed by atoms with Gasteiger partial charge in [0, 0.05) is 5.69 Å². The van der Waals surface area contributed by atoms with Gasteiger partial charge in [-0.3, -0.25) is 4.79 Å². The van der Waals surface area contributed by atoms with Crippen LogP contribution in [0.25, 0.3) is 6.08 Å². The lowest BCUT2D eigenvalue weighted by Crippen LogP contribution is -2.13. The van der Waals surface area contributed by atoms with Crippen LogP contribution in [0, 0.1) is 17.1 Å². The van der Waals surface area contributed by atoms with E-state index in [9.17, 15) is 19.2 Å². The van der Waals surface area contributed by atoms with Crippen LogP contribution < -0.4 is 14.8 Å². The first kappa shape index (κ1) is 24.3. The van der Waals surface area contributed by atoms with Gasteiger partial charge >= 0.3 is 5.97 Å². The van der Waals surface area contributed by atoms with Gasteiger partial charge in [0.2, 0.25) is 0 Å².